The Morgan fingerprint density at radius 3 is 2.36 bits per heavy atom. The summed E-state index contributed by atoms with van der Waals surface area (Å²) in [7, 11) is 0. The third-order valence-electron chi connectivity index (χ3n) is 3.86. The summed E-state index contributed by atoms with van der Waals surface area (Å²) >= 11 is 0. The Balaban J connectivity index is 2.32. The quantitative estimate of drug-likeness (QED) is 0.366. The molecule has 3 aromatic carbocycles. The molecule has 0 aliphatic heterocycles. The van der Waals surface area contributed by atoms with E-state index >= 15 is 0 Å². The number of allylic oxidation sites excluding steroid dienone is 1. The molecule has 3 rings (SSSR count). The second-order valence-electron chi connectivity index (χ2n) is 5.38. The Kier molecular flexibility index (Phi) is 3.88. The molecule has 0 saturated heterocycles. The minimum Gasteiger partial charge on any atom is -0.259 e. The van der Waals surface area contributed by atoms with Crippen molar-refractivity contribution in [3.63, 3.8) is 0 Å². The van der Waals surface area contributed by atoms with E-state index in [0.29, 0.717) is 6.42 Å². The first-order valence-corrected chi connectivity index (χ1v) is 7.46. The Hall–Kier alpha value is -2.68. The van der Waals surface area contributed by atoms with Crippen LogP contribution in [0.3, 0.4) is 0 Å². The van der Waals surface area contributed by atoms with Crippen LogP contribution in [0, 0.1) is 10.1 Å². The smallest absolute Gasteiger partial charge is 0.246 e. The van der Waals surface area contributed by atoms with Crippen molar-refractivity contribution in [2.45, 2.75) is 19.8 Å². The zero-order valence-corrected chi connectivity index (χ0v) is 12.5. The van der Waals surface area contributed by atoms with Gasteiger partial charge in [0.1, 0.15) is 0 Å². The van der Waals surface area contributed by atoms with E-state index in [4.69, 9.17) is 0 Å². The molecule has 110 valence electrons. The Morgan fingerprint density at radius 1 is 1.05 bits per heavy atom. The third-order valence-corrected chi connectivity index (χ3v) is 3.86. The standard InChI is InChI=1S/C19H17NO2/c1-2-7-16(20(21)22)13-15-12-14-8-3-4-9-17(14)19-11-6-5-10-18(15)19/h3-6,8-13H,2,7H2,1H3. The van der Waals surface area contributed by atoms with Crippen molar-refractivity contribution in [2.75, 3.05) is 0 Å². The molecule has 0 radical (unpaired) electrons. The molecule has 0 saturated carbocycles. The highest BCUT2D eigenvalue weighted by molar-refractivity contribution is 6.10. The first-order chi connectivity index (χ1) is 10.7. The van der Waals surface area contributed by atoms with Gasteiger partial charge < -0.3 is 0 Å². The maximum absolute atomic E-state index is 11.2. The minimum absolute atomic E-state index is 0.267. The fraction of sp³-hybridized carbons (Fsp3) is 0.158. The molecule has 0 N–H and O–H groups in total. The van der Waals surface area contributed by atoms with Crippen LogP contribution in [0.15, 0.2) is 60.3 Å². The second kappa shape index (κ2) is 5.98. The Bertz CT molecular complexity index is 881. The van der Waals surface area contributed by atoms with E-state index in [2.05, 4.69) is 12.1 Å². The highest BCUT2D eigenvalue weighted by atomic mass is 16.6. The first kappa shape index (κ1) is 14.3. The third kappa shape index (κ3) is 2.58. The van der Waals surface area contributed by atoms with E-state index < -0.39 is 0 Å². The summed E-state index contributed by atoms with van der Waals surface area (Å²) in [4.78, 5) is 11.0. The van der Waals surface area contributed by atoms with Crippen LogP contribution >= 0.6 is 0 Å². The van der Waals surface area contributed by atoms with Crippen molar-refractivity contribution in [1.82, 2.24) is 0 Å². The van der Waals surface area contributed by atoms with Crippen LogP contribution in [-0.4, -0.2) is 4.92 Å². The summed E-state index contributed by atoms with van der Waals surface area (Å²) in [5.41, 5.74) is 1.18. The van der Waals surface area contributed by atoms with Crippen LogP contribution in [-0.2, 0) is 0 Å². The predicted octanol–water partition coefficient (Wildman–Crippen LogP) is 5.41. The number of benzene rings is 3. The maximum Gasteiger partial charge on any atom is 0.246 e. The van der Waals surface area contributed by atoms with Crippen molar-refractivity contribution >= 4 is 27.6 Å². The van der Waals surface area contributed by atoms with Crippen molar-refractivity contribution in [1.29, 1.82) is 0 Å². The number of rotatable bonds is 4. The van der Waals surface area contributed by atoms with Gasteiger partial charge in [0.25, 0.3) is 0 Å². The highest BCUT2D eigenvalue weighted by Crippen LogP contribution is 2.30. The Morgan fingerprint density at radius 2 is 1.68 bits per heavy atom. The van der Waals surface area contributed by atoms with Gasteiger partial charge in [0.2, 0.25) is 5.70 Å². The van der Waals surface area contributed by atoms with E-state index in [-0.39, 0.29) is 10.6 Å². The Labute approximate surface area is 129 Å². The molecule has 0 spiro atoms. The second-order valence-corrected chi connectivity index (χ2v) is 5.38. The van der Waals surface area contributed by atoms with Crippen molar-refractivity contribution in [3.05, 3.63) is 76.0 Å². The summed E-state index contributed by atoms with van der Waals surface area (Å²) in [5.74, 6) is 0. The normalized spacial score (nSPS) is 12.0. The molecule has 3 heteroatoms. The van der Waals surface area contributed by atoms with Gasteiger partial charge in [0.05, 0.1) is 4.92 Å². The molecular weight excluding hydrogens is 274 g/mol. The van der Waals surface area contributed by atoms with Crippen molar-refractivity contribution in [2.24, 2.45) is 0 Å². The zero-order chi connectivity index (χ0) is 15.5. The van der Waals surface area contributed by atoms with Crippen molar-refractivity contribution < 1.29 is 4.92 Å². The number of hydrogen-bond acceptors (Lipinski definition) is 2. The topological polar surface area (TPSA) is 43.1 Å². The van der Waals surface area contributed by atoms with Gasteiger partial charge in [-0.05, 0) is 39.6 Å². The summed E-state index contributed by atoms with van der Waals surface area (Å²) in [6.45, 7) is 1.95. The summed E-state index contributed by atoms with van der Waals surface area (Å²) < 4.78 is 0. The maximum atomic E-state index is 11.2. The molecule has 0 unspecified atom stereocenters. The number of nitrogens with zero attached hydrogens (tertiary/aromatic N) is 1. The molecule has 0 aliphatic carbocycles. The molecule has 0 atom stereocenters. The average molecular weight is 291 g/mol. The molecule has 0 aromatic heterocycles. The van der Waals surface area contributed by atoms with Crippen LogP contribution in [0.1, 0.15) is 25.3 Å². The van der Waals surface area contributed by atoms with Gasteiger partial charge in [-0.1, -0.05) is 55.5 Å². The monoisotopic (exact) mass is 291 g/mol. The molecule has 3 aromatic rings. The molecule has 0 amide bonds. The lowest BCUT2D eigenvalue weighted by molar-refractivity contribution is -0.426. The van der Waals surface area contributed by atoms with Gasteiger partial charge in [-0.25, -0.2) is 0 Å². The zero-order valence-electron chi connectivity index (χ0n) is 12.5. The van der Waals surface area contributed by atoms with Gasteiger partial charge in [-0.2, -0.15) is 0 Å². The van der Waals surface area contributed by atoms with Gasteiger partial charge in [-0.3, -0.25) is 10.1 Å². The van der Waals surface area contributed by atoms with E-state index in [1.807, 2.05) is 49.4 Å². The lowest BCUT2D eigenvalue weighted by Crippen LogP contribution is -1.98. The minimum atomic E-state index is -0.270. The molecule has 0 bridgehead atoms. The number of hydrogen-bond donors (Lipinski definition) is 0. The highest BCUT2D eigenvalue weighted by Gasteiger charge is 2.11. The lowest BCUT2D eigenvalue weighted by Gasteiger charge is -2.08. The van der Waals surface area contributed by atoms with Gasteiger partial charge in [-0.15, -0.1) is 0 Å². The van der Waals surface area contributed by atoms with Gasteiger partial charge in [0, 0.05) is 12.5 Å². The van der Waals surface area contributed by atoms with Crippen molar-refractivity contribution in [3.8, 4) is 0 Å². The summed E-state index contributed by atoms with van der Waals surface area (Å²) in [6, 6.07) is 18.3. The van der Waals surface area contributed by atoms with Crippen LogP contribution < -0.4 is 0 Å². The largest absolute Gasteiger partial charge is 0.259 e. The van der Waals surface area contributed by atoms with Gasteiger partial charge >= 0.3 is 0 Å². The average Bonchev–Trinajstić information content (AvgIpc) is 2.54. The van der Waals surface area contributed by atoms with Crippen LogP contribution in [0.25, 0.3) is 27.6 Å². The van der Waals surface area contributed by atoms with Crippen LogP contribution in [0.4, 0.5) is 0 Å². The van der Waals surface area contributed by atoms with Crippen LogP contribution in [0.5, 0.6) is 0 Å². The fourth-order valence-electron chi connectivity index (χ4n) is 2.85. The van der Waals surface area contributed by atoms with E-state index in [0.717, 1.165) is 28.1 Å². The predicted molar refractivity (Wildman–Crippen MR) is 91.3 cm³/mol. The molecule has 3 nitrogen and oxygen atoms in total. The van der Waals surface area contributed by atoms with E-state index in [1.165, 1.54) is 5.39 Å². The number of nitro groups is 1. The van der Waals surface area contributed by atoms with Gasteiger partial charge in [0.15, 0.2) is 0 Å². The lowest BCUT2D eigenvalue weighted by atomic mass is 9.96. The van der Waals surface area contributed by atoms with E-state index in [1.54, 1.807) is 6.08 Å². The SMILES string of the molecule is CCCC(=Cc1cc2ccccc2c2ccccc12)[N+](=O)[O-]. The molecular formula is C19H17NO2. The molecule has 22 heavy (non-hydrogen) atoms. The van der Waals surface area contributed by atoms with Crippen LogP contribution in [0.2, 0.25) is 0 Å². The fourth-order valence-corrected chi connectivity index (χ4v) is 2.85. The number of fused-ring (bicyclic) bond motifs is 3. The molecule has 0 aliphatic rings. The summed E-state index contributed by atoms with van der Waals surface area (Å²) in [6.07, 6.45) is 2.96. The van der Waals surface area contributed by atoms with E-state index in [9.17, 15) is 10.1 Å². The first-order valence-electron chi connectivity index (χ1n) is 7.46. The summed E-state index contributed by atoms with van der Waals surface area (Å²) in [5, 5.41) is 15.7. The molecule has 0 heterocycles. The molecule has 0 fully saturated rings.